The van der Waals surface area contributed by atoms with E-state index in [1.165, 1.54) is 11.8 Å². The number of carbonyl (C=O) groups excluding carboxylic acids is 3. The molecule has 2 aromatic carbocycles. The Kier molecular flexibility index (Phi) is 5.42. The van der Waals surface area contributed by atoms with Crippen LogP contribution in [-0.4, -0.2) is 53.1 Å². The Morgan fingerprint density at radius 2 is 1.88 bits per heavy atom. The number of fused-ring (bicyclic) bond motifs is 2. The molecule has 1 fully saturated rings. The van der Waals surface area contributed by atoms with Crippen molar-refractivity contribution in [2.75, 3.05) is 25.3 Å². The summed E-state index contributed by atoms with van der Waals surface area (Å²) in [7, 11) is 0. The van der Waals surface area contributed by atoms with Crippen molar-refractivity contribution in [3.63, 3.8) is 0 Å². The number of carbonyl (C=O) groups is 3. The van der Waals surface area contributed by atoms with Gasteiger partial charge >= 0.3 is 6.09 Å². The minimum absolute atomic E-state index is 0.0107. The summed E-state index contributed by atoms with van der Waals surface area (Å²) in [4.78, 5) is 39.2. The van der Waals surface area contributed by atoms with Crippen LogP contribution in [0.25, 0.3) is 0 Å². The fourth-order valence-electron chi connectivity index (χ4n) is 4.02. The van der Waals surface area contributed by atoms with Gasteiger partial charge in [-0.1, -0.05) is 12.1 Å². The lowest BCUT2D eigenvalue weighted by molar-refractivity contribution is -0.115. The van der Waals surface area contributed by atoms with Gasteiger partial charge in [0.15, 0.2) is 17.3 Å². The van der Waals surface area contributed by atoms with Gasteiger partial charge in [-0.05, 0) is 48.7 Å². The summed E-state index contributed by atoms with van der Waals surface area (Å²) in [6, 6.07) is 10.9. The van der Waals surface area contributed by atoms with Gasteiger partial charge in [-0.15, -0.1) is 11.8 Å². The predicted molar refractivity (Wildman–Crippen MR) is 118 cm³/mol. The van der Waals surface area contributed by atoms with Crippen molar-refractivity contribution < 1.29 is 28.6 Å². The molecule has 1 saturated heterocycles. The smallest absolute Gasteiger partial charge is 0.410 e. The van der Waals surface area contributed by atoms with Crippen molar-refractivity contribution in [1.82, 2.24) is 4.90 Å². The third-order valence-corrected chi connectivity index (χ3v) is 7.07. The van der Waals surface area contributed by atoms with Crippen LogP contribution in [0.3, 0.4) is 0 Å². The highest BCUT2D eigenvalue weighted by Crippen LogP contribution is 2.39. The first kappa shape index (κ1) is 20.7. The Labute approximate surface area is 189 Å². The Morgan fingerprint density at radius 3 is 2.59 bits per heavy atom. The monoisotopic (exact) mass is 454 g/mol. The number of benzene rings is 2. The molecule has 2 aromatic rings. The summed E-state index contributed by atoms with van der Waals surface area (Å²) in [5.74, 6) is 1.01. The average molecular weight is 455 g/mol. The second-order valence-electron chi connectivity index (χ2n) is 7.92. The molecule has 3 aliphatic heterocycles. The van der Waals surface area contributed by atoms with Crippen molar-refractivity contribution in [2.24, 2.45) is 0 Å². The van der Waals surface area contributed by atoms with Gasteiger partial charge in [0, 0.05) is 17.8 Å². The highest BCUT2D eigenvalue weighted by molar-refractivity contribution is 8.01. The Morgan fingerprint density at radius 1 is 1.12 bits per heavy atom. The maximum atomic E-state index is 13.1. The van der Waals surface area contributed by atoms with E-state index in [1.54, 1.807) is 11.0 Å². The number of Topliss-reactive ketones (excluding diaryl/α,β-unsaturated/α-hetero) is 1. The zero-order valence-corrected chi connectivity index (χ0v) is 18.3. The minimum atomic E-state index is -0.422. The molecule has 3 heterocycles. The molecular weight excluding hydrogens is 432 g/mol. The van der Waals surface area contributed by atoms with Crippen LogP contribution in [0.5, 0.6) is 11.5 Å². The van der Waals surface area contributed by atoms with Crippen LogP contribution in [0.1, 0.15) is 28.4 Å². The van der Waals surface area contributed by atoms with Crippen LogP contribution in [0.15, 0.2) is 36.4 Å². The molecule has 3 aliphatic rings. The van der Waals surface area contributed by atoms with Gasteiger partial charge in [0.25, 0.3) is 0 Å². The van der Waals surface area contributed by atoms with Crippen LogP contribution >= 0.6 is 11.8 Å². The Balaban J connectivity index is 1.29. The summed E-state index contributed by atoms with van der Waals surface area (Å²) in [6.07, 6.45) is 0.118. The van der Waals surface area contributed by atoms with E-state index < -0.39 is 5.25 Å². The molecule has 0 unspecified atom stereocenters. The summed E-state index contributed by atoms with van der Waals surface area (Å²) in [5.41, 5.74) is 3.01. The molecule has 5 rings (SSSR count). The zero-order valence-electron chi connectivity index (χ0n) is 17.5. The van der Waals surface area contributed by atoms with Crippen LogP contribution < -0.4 is 14.8 Å². The van der Waals surface area contributed by atoms with Crippen LogP contribution in [-0.2, 0) is 22.5 Å². The first-order chi connectivity index (χ1) is 15.5. The molecule has 2 amide bonds. The third-order valence-electron chi connectivity index (χ3n) is 5.74. The molecule has 9 heteroatoms. The molecule has 1 N–H and O–H groups in total. The molecule has 0 aliphatic carbocycles. The normalized spacial score (nSPS) is 21.7. The summed E-state index contributed by atoms with van der Waals surface area (Å²) in [6.45, 7) is 3.42. The van der Waals surface area contributed by atoms with Gasteiger partial charge < -0.3 is 24.4 Å². The van der Waals surface area contributed by atoms with E-state index in [0.29, 0.717) is 48.9 Å². The summed E-state index contributed by atoms with van der Waals surface area (Å²) < 4.78 is 15.8. The van der Waals surface area contributed by atoms with Crippen molar-refractivity contribution in [3.05, 3.63) is 53.1 Å². The number of hydrogen-bond acceptors (Lipinski definition) is 7. The molecule has 0 saturated carbocycles. The van der Waals surface area contributed by atoms with Gasteiger partial charge in [-0.2, -0.15) is 0 Å². The number of nitrogens with zero attached hydrogens (tertiary/aromatic N) is 1. The second-order valence-corrected chi connectivity index (χ2v) is 9.47. The molecule has 0 spiro atoms. The lowest BCUT2D eigenvalue weighted by Crippen LogP contribution is -2.28. The van der Waals surface area contributed by atoms with Crippen molar-refractivity contribution >= 4 is 35.2 Å². The number of thioether (sulfide) groups is 1. The molecule has 32 heavy (non-hydrogen) atoms. The maximum absolute atomic E-state index is 13.1. The number of ether oxygens (including phenoxy) is 3. The molecule has 8 nitrogen and oxygen atoms in total. The van der Waals surface area contributed by atoms with Crippen LogP contribution in [0, 0.1) is 0 Å². The van der Waals surface area contributed by atoms with Crippen LogP contribution in [0.4, 0.5) is 10.5 Å². The number of anilines is 1. The standard InChI is InChI=1S/C23H22N2O6S/c1-13-21(26)17-10-19-18(30-12-31-19)8-15(17)9-20(32-13)22(27)24-16-4-2-14(3-5-16)11-25-6-7-29-23(25)28/h2-5,8,10,13,20H,6-7,9,11-12H2,1H3,(H,24,27)/t13-,20+/m0/s1. The van der Waals surface area contributed by atoms with Crippen molar-refractivity contribution in [1.29, 1.82) is 0 Å². The highest BCUT2D eigenvalue weighted by atomic mass is 32.2. The fraction of sp³-hybridized carbons (Fsp3) is 0.348. The maximum Gasteiger partial charge on any atom is 0.410 e. The fourth-order valence-corrected chi connectivity index (χ4v) is 5.22. The van der Waals surface area contributed by atoms with E-state index in [1.807, 2.05) is 37.3 Å². The van der Waals surface area contributed by atoms with E-state index in [4.69, 9.17) is 14.2 Å². The number of nitrogens with one attached hydrogen (secondary N) is 1. The van der Waals surface area contributed by atoms with E-state index in [0.717, 1.165) is 11.1 Å². The molecular formula is C23H22N2O6S. The van der Waals surface area contributed by atoms with E-state index in [-0.39, 0.29) is 29.8 Å². The first-order valence-corrected chi connectivity index (χ1v) is 11.4. The predicted octanol–water partition coefficient (Wildman–Crippen LogP) is 3.24. The van der Waals surface area contributed by atoms with Gasteiger partial charge in [-0.3, -0.25) is 9.59 Å². The third kappa shape index (κ3) is 4.00. The van der Waals surface area contributed by atoms with Crippen molar-refractivity contribution in [3.8, 4) is 11.5 Å². The van der Waals surface area contributed by atoms with Gasteiger partial charge in [-0.25, -0.2) is 4.79 Å². The van der Waals surface area contributed by atoms with Crippen molar-refractivity contribution in [2.45, 2.75) is 30.4 Å². The topological polar surface area (TPSA) is 94.2 Å². The minimum Gasteiger partial charge on any atom is -0.454 e. The molecule has 166 valence electrons. The SMILES string of the molecule is C[C@@H]1S[C@@H](C(=O)Nc2ccc(CN3CCOC3=O)cc2)Cc2cc3c(cc2C1=O)OCO3. The number of amides is 2. The number of cyclic esters (lactones) is 1. The van der Waals surface area contributed by atoms with Crippen LogP contribution in [0.2, 0.25) is 0 Å². The highest BCUT2D eigenvalue weighted by Gasteiger charge is 2.34. The van der Waals surface area contributed by atoms with E-state index >= 15 is 0 Å². The summed E-state index contributed by atoms with van der Waals surface area (Å²) in [5, 5.41) is 2.18. The van der Waals surface area contributed by atoms with E-state index in [9.17, 15) is 14.4 Å². The van der Waals surface area contributed by atoms with Gasteiger partial charge in [0.1, 0.15) is 6.61 Å². The number of rotatable bonds is 4. The second kappa shape index (κ2) is 8.38. The average Bonchev–Trinajstić information content (AvgIpc) is 3.38. The lowest BCUT2D eigenvalue weighted by atomic mass is 9.97. The molecule has 2 atom stereocenters. The van der Waals surface area contributed by atoms with E-state index in [2.05, 4.69) is 5.32 Å². The van der Waals surface area contributed by atoms with Gasteiger partial charge in [0.2, 0.25) is 12.7 Å². The quantitative estimate of drug-likeness (QED) is 0.758. The Hall–Kier alpha value is -3.20. The molecule has 0 bridgehead atoms. The zero-order chi connectivity index (χ0) is 22.2. The number of ketones is 1. The lowest BCUT2D eigenvalue weighted by Gasteiger charge is -2.17. The molecule has 0 aromatic heterocycles. The number of hydrogen-bond donors (Lipinski definition) is 1. The Bertz CT molecular complexity index is 1090. The largest absolute Gasteiger partial charge is 0.454 e. The first-order valence-electron chi connectivity index (χ1n) is 10.4. The summed E-state index contributed by atoms with van der Waals surface area (Å²) >= 11 is 1.36. The molecule has 0 radical (unpaired) electrons. The van der Waals surface area contributed by atoms with Gasteiger partial charge in [0.05, 0.1) is 17.0 Å².